The van der Waals surface area contributed by atoms with Crippen LogP contribution in [0.15, 0.2) is 35.6 Å². The molecule has 0 bridgehead atoms. The van der Waals surface area contributed by atoms with Crippen molar-refractivity contribution in [1.82, 2.24) is 0 Å². The Morgan fingerprint density at radius 3 is 2.08 bits per heavy atom. The maximum atomic E-state index is 12.8. The third kappa shape index (κ3) is 2.69. The molecule has 0 saturated heterocycles. The van der Waals surface area contributed by atoms with Gasteiger partial charge < -0.3 is 9.84 Å². The van der Waals surface area contributed by atoms with Crippen LogP contribution in [0.3, 0.4) is 0 Å². The lowest BCUT2D eigenvalue weighted by Crippen LogP contribution is -2.37. The van der Waals surface area contributed by atoms with Gasteiger partial charge in [0, 0.05) is 23.8 Å². The molecule has 4 nitrogen and oxygen atoms in total. The predicted octanol–water partition coefficient (Wildman–Crippen LogP) is 4.11. The minimum atomic E-state index is -0.431. The molecule has 4 heteroatoms. The Balaban J connectivity index is 1.85. The van der Waals surface area contributed by atoms with Crippen LogP contribution in [-0.2, 0) is 4.74 Å². The second-order valence-electron chi connectivity index (χ2n) is 7.32. The first kappa shape index (κ1) is 16.9. The number of hydrogen-bond acceptors (Lipinski definition) is 4. The van der Waals surface area contributed by atoms with Gasteiger partial charge in [-0.25, -0.2) is 0 Å². The number of Topliss-reactive ketones (excluding diaryl/α,β-unsaturated/α-hetero) is 2. The zero-order valence-corrected chi connectivity index (χ0v) is 14.5. The number of carbonyl (C=O) groups is 2. The Morgan fingerprint density at radius 1 is 1.00 bits per heavy atom. The fourth-order valence-corrected chi connectivity index (χ4v) is 4.00. The van der Waals surface area contributed by atoms with E-state index in [4.69, 9.17) is 4.74 Å². The third-order valence-corrected chi connectivity index (χ3v) is 5.78. The Hall–Kier alpha value is -1.94. The summed E-state index contributed by atoms with van der Waals surface area (Å²) in [4.78, 5) is 25.2. The van der Waals surface area contributed by atoms with Crippen LogP contribution < -0.4 is 0 Å². The Morgan fingerprint density at radius 2 is 1.54 bits per heavy atom. The van der Waals surface area contributed by atoms with Crippen molar-refractivity contribution >= 4 is 11.6 Å². The number of aliphatic hydroxyl groups excluding tert-OH is 1. The van der Waals surface area contributed by atoms with Crippen LogP contribution >= 0.6 is 0 Å². The number of allylic oxidation sites excluding steroid dienone is 2. The van der Waals surface area contributed by atoms with Gasteiger partial charge >= 0.3 is 0 Å². The molecule has 0 spiro atoms. The van der Waals surface area contributed by atoms with Gasteiger partial charge in [-0.05, 0) is 51.4 Å². The molecule has 3 rings (SSSR count). The Labute approximate surface area is 142 Å². The number of fused-ring (bicyclic) bond motifs is 1. The highest BCUT2D eigenvalue weighted by Crippen LogP contribution is 2.42. The molecule has 24 heavy (non-hydrogen) atoms. The summed E-state index contributed by atoms with van der Waals surface area (Å²) in [5, 5.41) is 10.4. The van der Waals surface area contributed by atoms with E-state index in [1.54, 1.807) is 31.4 Å². The van der Waals surface area contributed by atoms with Gasteiger partial charge in [-0.2, -0.15) is 0 Å². The molecule has 1 aromatic carbocycles. The predicted molar refractivity (Wildman–Crippen MR) is 91.3 cm³/mol. The standard InChI is InChI=1S/C20H24O4/c1-20(2,24-3)13-10-8-12(9-11-13)16-17(21)14-6-4-5-7-15(14)18(22)19(16)23/h4-7,12-13,23H,8-11H2,1-3H3. The molecule has 1 saturated carbocycles. The summed E-state index contributed by atoms with van der Waals surface area (Å²) < 4.78 is 5.58. The molecule has 1 N–H and O–H groups in total. The molecule has 0 heterocycles. The number of ketones is 2. The van der Waals surface area contributed by atoms with Gasteiger partial charge in [0.15, 0.2) is 11.5 Å². The van der Waals surface area contributed by atoms with E-state index in [9.17, 15) is 14.7 Å². The number of methoxy groups -OCH3 is 1. The first-order valence-corrected chi connectivity index (χ1v) is 8.53. The average molecular weight is 328 g/mol. The van der Waals surface area contributed by atoms with Gasteiger partial charge in [0.1, 0.15) is 0 Å². The van der Waals surface area contributed by atoms with Gasteiger partial charge in [-0.15, -0.1) is 0 Å². The summed E-state index contributed by atoms with van der Waals surface area (Å²) in [5.74, 6) is -0.619. The number of carbonyl (C=O) groups excluding carboxylic acids is 2. The summed E-state index contributed by atoms with van der Waals surface area (Å²) >= 11 is 0. The molecule has 0 amide bonds. The molecule has 1 aromatic rings. The van der Waals surface area contributed by atoms with E-state index in [1.807, 2.05) is 0 Å². The fourth-order valence-electron chi connectivity index (χ4n) is 4.00. The van der Waals surface area contributed by atoms with Gasteiger partial charge in [0.2, 0.25) is 5.78 Å². The lowest BCUT2D eigenvalue weighted by molar-refractivity contribution is -0.0431. The van der Waals surface area contributed by atoms with Crippen LogP contribution in [0.4, 0.5) is 0 Å². The van der Waals surface area contributed by atoms with Gasteiger partial charge in [-0.3, -0.25) is 9.59 Å². The number of aliphatic hydroxyl groups is 1. The summed E-state index contributed by atoms with van der Waals surface area (Å²) in [7, 11) is 1.72. The average Bonchev–Trinajstić information content (AvgIpc) is 2.60. The number of hydrogen-bond donors (Lipinski definition) is 1. The van der Waals surface area contributed by atoms with Crippen molar-refractivity contribution in [3.63, 3.8) is 0 Å². The van der Waals surface area contributed by atoms with Crippen molar-refractivity contribution in [1.29, 1.82) is 0 Å². The van der Waals surface area contributed by atoms with Crippen molar-refractivity contribution in [3.8, 4) is 0 Å². The molecule has 0 atom stereocenters. The lowest BCUT2D eigenvalue weighted by Gasteiger charge is -2.39. The maximum Gasteiger partial charge on any atom is 0.228 e. The first-order valence-electron chi connectivity index (χ1n) is 8.53. The zero-order chi connectivity index (χ0) is 17.5. The van der Waals surface area contributed by atoms with E-state index in [0.717, 1.165) is 25.7 Å². The van der Waals surface area contributed by atoms with E-state index in [0.29, 0.717) is 22.6 Å². The van der Waals surface area contributed by atoms with Gasteiger partial charge in [-0.1, -0.05) is 24.3 Å². The quantitative estimate of drug-likeness (QED) is 0.907. The zero-order valence-electron chi connectivity index (χ0n) is 14.5. The summed E-state index contributed by atoms with van der Waals surface area (Å²) in [6.45, 7) is 4.17. The van der Waals surface area contributed by atoms with Crippen molar-refractivity contribution in [2.75, 3.05) is 7.11 Å². The second kappa shape index (κ2) is 6.17. The minimum absolute atomic E-state index is 0.0567. The van der Waals surface area contributed by atoms with E-state index >= 15 is 0 Å². The second-order valence-corrected chi connectivity index (χ2v) is 7.32. The minimum Gasteiger partial charge on any atom is -0.504 e. The summed E-state index contributed by atoms with van der Waals surface area (Å²) in [6, 6.07) is 6.73. The van der Waals surface area contributed by atoms with Crippen LogP contribution in [0.1, 0.15) is 60.2 Å². The highest BCUT2D eigenvalue weighted by Gasteiger charge is 2.40. The van der Waals surface area contributed by atoms with Crippen molar-refractivity contribution in [3.05, 3.63) is 46.7 Å². The molecule has 2 aliphatic carbocycles. The van der Waals surface area contributed by atoms with Crippen LogP contribution in [0, 0.1) is 11.8 Å². The molecule has 128 valence electrons. The lowest BCUT2D eigenvalue weighted by atomic mass is 9.70. The molecule has 0 aromatic heterocycles. The summed E-state index contributed by atoms with van der Waals surface area (Å²) in [5.41, 5.74) is 0.834. The highest BCUT2D eigenvalue weighted by atomic mass is 16.5. The molecular formula is C20H24O4. The largest absolute Gasteiger partial charge is 0.504 e. The number of benzene rings is 1. The van der Waals surface area contributed by atoms with Crippen LogP contribution in [0.25, 0.3) is 0 Å². The summed E-state index contributed by atoms with van der Waals surface area (Å²) in [6.07, 6.45) is 3.42. The van der Waals surface area contributed by atoms with Gasteiger partial charge in [0.25, 0.3) is 0 Å². The molecule has 2 aliphatic rings. The van der Waals surface area contributed by atoms with E-state index in [-0.39, 0.29) is 23.1 Å². The monoisotopic (exact) mass is 328 g/mol. The van der Waals surface area contributed by atoms with Crippen LogP contribution in [0.5, 0.6) is 0 Å². The fraction of sp³-hybridized carbons (Fsp3) is 0.500. The van der Waals surface area contributed by atoms with E-state index in [1.165, 1.54) is 0 Å². The van der Waals surface area contributed by atoms with Crippen molar-refractivity contribution in [2.45, 2.75) is 45.1 Å². The topological polar surface area (TPSA) is 63.6 Å². The Bertz CT molecular complexity index is 706. The van der Waals surface area contributed by atoms with Crippen LogP contribution in [-0.4, -0.2) is 29.4 Å². The van der Waals surface area contributed by atoms with E-state index in [2.05, 4.69) is 13.8 Å². The van der Waals surface area contributed by atoms with E-state index < -0.39 is 5.78 Å². The normalized spacial score (nSPS) is 25.0. The third-order valence-electron chi connectivity index (χ3n) is 5.78. The molecule has 0 aliphatic heterocycles. The maximum absolute atomic E-state index is 12.8. The molecule has 0 unspecified atom stereocenters. The Kier molecular flexibility index (Phi) is 4.35. The number of ether oxygens (including phenoxy) is 1. The first-order chi connectivity index (χ1) is 11.4. The smallest absolute Gasteiger partial charge is 0.228 e. The van der Waals surface area contributed by atoms with Gasteiger partial charge in [0.05, 0.1) is 5.60 Å². The molecule has 0 radical (unpaired) electrons. The highest BCUT2D eigenvalue weighted by molar-refractivity contribution is 6.26. The van der Waals surface area contributed by atoms with Crippen molar-refractivity contribution < 1.29 is 19.4 Å². The van der Waals surface area contributed by atoms with Crippen LogP contribution in [0.2, 0.25) is 0 Å². The molecular weight excluding hydrogens is 304 g/mol. The van der Waals surface area contributed by atoms with Crippen molar-refractivity contribution in [2.24, 2.45) is 11.8 Å². The SMILES string of the molecule is COC(C)(C)C1CCC(C2=C(O)C(=O)c3ccccc3C2=O)CC1. The number of rotatable bonds is 3. The molecule has 1 fully saturated rings.